The highest BCUT2D eigenvalue weighted by atomic mass is 35.5. The van der Waals surface area contributed by atoms with Crippen LogP contribution in [0.3, 0.4) is 0 Å². The Morgan fingerprint density at radius 2 is 2.33 bits per heavy atom. The molecule has 5 heteroatoms. The number of benzene rings is 1. The normalized spacial score (nSPS) is 11.8. The zero-order valence-corrected chi connectivity index (χ0v) is 9.86. The van der Waals surface area contributed by atoms with Crippen LogP contribution < -0.4 is 5.32 Å². The Morgan fingerprint density at radius 3 is 2.87 bits per heavy atom. The van der Waals surface area contributed by atoms with Gasteiger partial charge in [-0.25, -0.2) is 0 Å². The second-order valence-corrected chi connectivity index (χ2v) is 4.97. The van der Waals surface area contributed by atoms with Gasteiger partial charge in [-0.3, -0.25) is 4.21 Å². The van der Waals surface area contributed by atoms with Crippen LogP contribution in [0.2, 0.25) is 5.02 Å². The Hall–Kier alpha value is -1.05. The van der Waals surface area contributed by atoms with Crippen molar-refractivity contribution in [2.45, 2.75) is 0 Å². The van der Waals surface area contributed by atoms with E-state index in [0.29, 0.717) is 22.9 Å². The molecular weight excluding hydrogens is 232 g/mol. The molecule has 3 nitrogen and oxygen atoms in total. The molecule has 1 unspecified atom stereocenters. The SMILES string of the molecule is CS(=O)CCNc1ccc(C#N)cc1Cl. The van der Waals surface area contributed by atoms with E-state index in [1.807, 2.05) is 6.07 Å². The molecule has 0 amide bonds. The topological polar surface area (TPSA) is 52.9 Å². The molecular formula is C10H11ClN2OS. The van der Waals surface area contributed by atoms with Gasteiger partial charge in [0.15, 0.2) is 0 Å². The summed E-state index contributed by atoms with van der Waals surface area (Å²) in [5, 5.41) is 12.2. The number of nitriles is 1. The summed E-state index contributed by atoms with van der Waals surface area (Å²) < 4.78 is 10.8. The molecule has 0 spiro atoms. The second-order valence-electron chi connectivity index (χ2n) is 3.01. The van der Waals surface area contributed by atoms with Gasteiger partial charge in [0, 0.05) is 29.4 Å². The predicted molar refractivity (Wildman–Crippen MR) is 63.6 cm³/mol. The minimum absolute atomic E-state index is 0.510. The number of hydrogen-bond acceptors (Lipinski definition) is 3. The summed E-state index contributed by atoms with van der Waals surface area (Å²) in [4.78, 5) is 0. The van der Waals surface area contributed by atoms with Crippen LogP contribution in [0.4, 0.5) is 5.69 Å². The van der Waals surface area contributed by atoms with Crippen molar-refractivity contribution in [2.75, 3.05) is 23.9 Å². The van der Waals surface area contributed by atoms with Crippen LogP contribution in [0, 0.1) is 11.3 Å². The number of anilines is 1. The molecule has 1 aromatic rings. The fourth-order valence-electron chi connectivity index (χ4n) is 1.06. The summed E-state index contributed by atoms with van der Waals surface area (Å²) >= 11 is 5.93. The predicted octanol–water partition coefficient (Wildman–Crippen LogP) is 2.00. The number of nitrogens with zero attached hydrogens (tertiary/aromatic N) is 1. The molecule has 0 saturated carbocycles. The summed E-state index contributed by atoms with van der Waals surface area (Å²) in [7, 11) is -0.810. The largest absolute Gasteiger partial charge is 0.383 e. The molecule has 0 aromatic heterocycles. The van der Waals surface area contributed by atoms with Crippen LogP contribution in [-0.2, 0) is 10.8 Å². The highest BCUT2D eigenvalue weighted by Gasteiger charge is 2.01. The van der Waals surface area contributed by atoms with Crippen molar-refractivity contribution in [1.82, 2.24) is 0 Å². The van der Waals surface area contributed by atoms with Crippen molar-refractivity contribution in [3.05, 3.63) is 28.8 Å². The standard InChI is InChI=1S/C10H11ClN2OS/c1-15(14)5-4-13-10-3-2-8(7-12)6-9(10)11/h2-3,6,13H,4-5H2,1H3. The third kappa shape index (κ3) is 3.90. The first kappa shape index (κ1) is 12.0. The van der Waals surface area contributed by atoms with Crippen LogP contribution in [0.1, 0.15) is 5.56 Å². The summed E-state index contributed by atoms with van der Waals surface area (Å²) in [5.41, 5.74) is 1.30. The number of hydrogen-bond donors (Lipinski definition) is 1. The Bertz CT molecular complexity index is 414. The smallest absolute Gasteiger partial charge is 0.0992 e. The Balaban J connectivity index is 2.63. The van der Waals surface area contributed by atoms with Crippen molar-refractivity contribution >= 4 is 28.1 Å². The molecule has 80 valence electrons. The van der Waals surface area contributed by atoms with E-state index in [0.717, 1.165) is 5.69 Å². The quantitative estimate of drug-likeness (QED) is 0.879. The van der Waals surface area contributed by atoms with Gasteiger partial charge in [-0.1, -0.05) is 11.6 Å². The molecule has 1 atom stereocenters. The fourth-order valence-corrected chi connectivity index (χ4v) is 1.69. The lowest BCUT2D eigenvalue weighted by molar-refractivity contribution is 0.687. The van der Waals surface area contributed by atoms with Crippen LogP contribution in [-0.4, -0.2) is 22.8 Å². The first-order valence-corrected chi connectivity index (χ1v) is 6.47. The zero-order chi connectivity index (χ0) is 11.3. The lowest BCUT2D eigenvalue weighted by Gasteiger charge is -2.07. The van der Waals surface area contributed by atoms with Crippen LogP contribution in [0.5, 0.6) is 0 Å². The summed E-state index contributed by atoms with van der Waals surface area (Å²) in [6, 6.07) is 7.05. The Morgan fingerprint density at radius 1 is 1.60 bits per heavy atom. The zero-order valence-electron chi connectivity index (χ0n) is 8.29. The van der Waals surface area contributed by atoms with Gasteiger partial charge >= 0.3 is 0 Å². The highest BCUT2D eigenvalue weighted by Crippen LogP contribution is 2.22. The molecule has 1 aromatic carbocycles. The molecule has 0 bridgehead atoms. The summed E-state index contributed by atoms with van der Waals surface area (Å²) in [6.45, 7) is 0.606. The summed E-state index contributed by atoms with van der Waals surface area (Å²) in [6.07, 6.45) is 1.65. The van der Waals surface area contributed by atoms with E-state index < -0.39 is 10.8 Å². The number of rotatable bonds is 4. The van der Waals surface area contributed by atoms with Gasteiger partial charge in [0.1, 0.15) is 0 Å². The highest BCUT2D eigenvalue weighted by molar-refractivity contribution is 7.84. The van der Waals surface area contributed by atoms with Gasteiger partial charge in [0.05, 0.1) is 22.3 Å². The molecule has 0 aliphatic heterocycles. The van der Waals surface area contributed by atoms with Gasteiger partial charge in [0.25, 0.3) is 0 Å². The Kier molecular flexibility index (Phi) is 4.60. The van der Waals surface area contributed by atoms with Crippen LogP contribution >= 0.6 is 11.6 Å². The first-order valence-electron chi connectivity index (χ1n) is 4.37. The minimum Gasteiger partial charge on any atom is -0.383 e. The second kappa shape index (κ2) is 5.74. The van der Waals surface area contributed by atoms with Crippen LogP contribution in [0.15, 0.2) is 18.2 Å². The van der Waals surface area contributed by atoms with Crippen molar-refractivity contribution < 1.29 is 4.21 Å². The molecule has 0 radical (unpaired) electrons. The maximum Gasteiger partial charge on any atom is 0.0992 e. The maximum atomic E-state index is 10.8. The number of halogens is 1. The van der Waals surface area contributed by atoms with E-state index in [1.54, 1.807) is 24.5 Å². The van der Waals surface area contributed by atoms with E-state index in [2.05, 4.69) is 5.32 Å². The van der Waals surface area contributed by atoms with E-state index in [1.165, 1.54) is 0 Å². The first-order chi connectivity index (χ1) is 7.13. The molecule has 0 aliphatic carbocycles. The molecule has 0 fully saturated rings. The average Bonchev–Trinajstić information content (AvgIpc) is 2.20. The van der Waals surface area contributed by atoms with Gasteiger partial charge in [-0.05, 0) is 18.2 Å². The van der Waals surface area contributed by atoms with E-state index in [9.17, 15) is 4.21 Å². The van der Waals surface area contributed by atoms with E-state index >= 15 is 0 Å². The molecule has 0 saturated heterocycles. The van der Waals surface area contributed by atoms with Crippen LogP contribution in [0.25, 0.3) is 0 Å². The minimum atomic E-state index is -0.810. The number of nitrogens with one attached hydrogen (secondary N) is 1. The molecule has 0 aliphatic rings. The lowest BCUT2D eigenvalue weighted by atomic mass is 10.2. The Labute approximate surface area is 96.5 Å². The van der Waals surface area contributed by atoms with Crippen molar-refractivity contribution in [2.24, 2.45) is 0 Å². The molecule has 1 N–H and O–H groups in total. The van der Waals surface area contributed by atoms with E-state index in [4.69, 9.17) is 16.9 Å². The molecule has 0 heterocycles. The average molecular weight is 243 g/mol. The van der Waals surface area contributed by atoms with Crippen molar-refractivity contribution in [3.8, 4) is 6.07 Å². The maximum absolute atomic E-state index is 10.8. The third-order valence-corrected chi connectivity index (χ3v) is 2.89. The molecule has 15 heavy (non-hydrogen) atoms. The van der Waals surface area contributed by atoms with Gasteiger partial charge < -0.3 is 5.32 Å². The molecule has 1 rings (SSSR count). The van der Waals surface area contributed by atoms with Crippen molar-refractivity contribution in [1.29, 1.82) is 5.26 Å². The van der Waals surface area contributed by atoms with Gasteiger partial charge in [-0.15, -0.1) is 0 Å². The summed E-state index contributed by atoms with van der Waals surface area (Å²) in [5.74, 6) is 0.580. The van der Waals surface area contributed by atoms with Gasteiger partial charge in [-0.2, -0.15) is 5.26 Å². The van der Waals surface area contributed by atoms with Crippen molar-refractivity contribution in [3.63, 3.8) is 0 Å². The lowest BCUT2D eigenvalue weighted by Crippen LogP contribution is -2.09. The fraction of sp³-hybridized carbons (Fsp3) is 0.300. The third-order valence-electron chi connectivity index (χ3n) is 1.80. The van der Waals surface area contributed by atoms with Gasteiger partial charge in [0.2, 0.25) is 0 Å². The van der Waals surface area contributed by atoms with E-state index in [-0.39, 0.29) is 0 Å². The monoisotopic (exact) mass is 242 g/mol.